The molecule has 1 heterocycles. The summed E-state index contributed by atoms with van der Waals surface area (Å²) in [5.41, 5.74) is 31.5. The minimum Gasteiger partial charge on any atom is -0.396 e. The van der Waals surface area contributed by atoms with Crippen molar-refractivity contribution in [2.45, 2.75) is 10.8 Å². The lowest BCUT2D eigenvalue weighted by atomic mass is 9.67. The molecule has 1 aromatic heterocycles. The number of anilines is 2. The van der Waals surface area contributed by atoms with Crippen molar-refractivity contribution in [2.75, 3.05) is 11.5 Å². The molecule has 8 aromatic carbocycles. The quantitative estimate of drug-likeness (QED) is 0.178. The van der Waals surface area contributed by atoms with Crippen LogP contribution in [0.2, 0.25) is 0 Å². The lowest BCUT2D eigenvalue weighted by Crippen LogP contribution is -2.28. The molecular weight excluding hydrogens is 709 g/mol. The van der Waals surface area contributed by atoms with Crippen molar-refractivity contribution in [2.24, 2.45) is 0 Å². The Balaban J connectivity index is 1.11. The van der Waals surface area contributed by atoms with Gasteiger partial charge in [-0.05, 0) is 90.0 Å². The Morgan fingerprint density at radius 1 is 0.298 bits per heavy atom. The molecule has 57 heavy (non-hydrogen) atoms. The first-order valence-electron chi connectivity index (χ1n) is 19.5. The molecule has 0 spiro atoms. The van der Waals surface area contributed by atoms with Gasteiger partial charge in [-0.25, -0.2) is 0 Å². The van der Waals surface area contributed by atoms with Crippen molar-refractivity contribution in [1.29, 1.82) is 0 Å². The highest BCUT2D eigenvalue weighted by Gasteiger charge is 2.47. The fraction of sp³-hybridized carbons (Fsp3) is 0.0370. The summed E-state index contributed by atoms with van der Waals surface area (Å²) in [6.45, 7) is 0. The van der Waals surface area contributed by atoms with E-state index in [-0.39, 0.29) is 0 Å². The van der Waals surface area contributed by atoms with Crippen molar-refractivity contribution in [3.05, 3.63) is 251 Å². The third-order valence-corrected chi connectivity index (χ3v) is 13.7. The highest BCUT2D eigenvalue weighted by Crippen LogP contribution is 2.59. The summed E-state index contributed by atoms with van der Waals surface area (Å²) < 4.78 is 0. The van der Waals surface area contributed by atoms with Crippen LogP contribution in [-0.4, -0.2) is 0 Å². The van der Waals surface area contributed by atoms with Gasteiger partial charge in [0.25, 0.3) is 0 Å². The molecule has 2 aliphatic rings. The molecule has 0 amide bonds. The van der Waals surface area contributed by atoms with Gasteiger partial charge in [0.15, 0.2) is 0 Å². The largest absolute Gasteiger partial charge is 0.396 e. The van der Waals surface area contributed by atoms with Crippen LogP contribution in [0.5, 0.6) is 0 Å². The first-order valence-corrected chi connectivity index (χ1v) is 20.3. The molecule has 0 saturated carbocycles. The zero-order chi connectivity index (χ0) is 38.1. The second-order valence-electron chi connectivity index (χ2n) is 15.2. The standard InChI is InChI=1S/C54H38N2S/c55-49-50(56)52(36-30-32-44-42-26-14-16-28-46(42)54(48(44)34-36,39-21-9-3-10-22-39)40-23-11-4-12-24-40)57-51(49)35-29-31-43-41-25-13-15-27-45(41)53(47(43)33-35,37-17-5-1-6-18-37)38-19-7-2-8-20-38/h1-34H,55-56H2. The Morgan fingerprint density at radius 3 is 0.947 bits per heavy atom. The fourth-order valence-electron chi connectivity index (χ4n) is 10.1. The maximum atomic E-state index is 7.09. The van der Waals surface area contributed by atoms with E-state index in [9.17, 15) is 0 Å². The summed E-state index contributed by atoms with van der Waals surface area (Å²) in [4.78, 5) is 1.97. The molecule has 0 fully saturated rings. The van der Waals surface area contributed by atoms with Gasteiger partial charge < -0.3 is 11.5 Å². The Bertz CT molecular complexity index is 2690. The summed E-state index contributed by atoms with van der Waals surface area (Å²) in [7, 11) is 0. The minimum atomic E-state index is -0.502. The van der Waals surface area contributed by atoms with Gasteiger partial charge in [-0.2, -0.15) is 0 Å². The molecule has 0 radical (unpaired) electrons. The van der Waals surface area contributed by atoms with Crippen LogP contribution in [0.3, 0.4) is 0 Å². The Morgan fingerprint density at radius 2 is 0.596 bits per heavy atom. The molecule has 0 aliphatic heterocycles. The summed E-state index contributed by atoms with van der Waals surface area (Å²) >= 11 is 1.68. The predicted molar refractivity (Wildman–Crippen MR) is 239 cm³/mol. The monoisotopic (exact) mass is 746 g/mol. The van der Waals surface area contributed by atoms with E-state index < -0.39 is 10.8 Å². The highest BCUT2D eigenvalue weighted by atomic mass is 32.1. The van der Waals surface area contributed by atoms with E-state index in [0.717, 1.165) is 20.9 Å². The third kappa shape index (κ3) is 4.64. The van der Waals surface area contributed by atoms with Gasteiger partial charge in [0.05, 0.1) is 32.0 Å². The fourth-order valence-corrected chi connectivity index (χ4v) is 11.2. The second kappa shape index (κ2) is 12.8. The summed E-state index contributed by atoms with van der Waals surface area (Å²) in [5, 5.41) is 0. The van der Waals surface area contributed by atoms with Gasteiger partial charge in [0.1, 0.15) is 0 Å². The van der Waals surface area contributed by atoms with Gasteiger partial charge in [0, 0.05) is 0 Å². The number of hydrogen-bond donors (Lipinski definition) is 2. The predicted octanol–water partition coefficient (Wildman–Crippen LogP) is 13.0. The molecule has 270 valence electrons. The van der Waals surface area contributed by atoms with E-state index in [1.807, 2.05) is 0 Å². The molecule has 2 nitrogen and oxygen atoms in total. The molecule has 4 N–H and O–H groups in total. The SMILES string of the molecule is Nc1c(-c2ccc3c(c2)C(c2ccccc2)(c2ccccc2)c2ccccc2-3)sc(-c2ccc3c(c2)C(c2ccccc2)(c2ccccc2)c2ccccc2-3)c1N. The van der Waals surface area contributed by atoms with Gasteiger partial charge in [-0.15, -0.1) is 11.3 Å². The molecule has 3 heteroatoms. The maximum absolute atomic E-state index is 7.09. The average molecular weight is 747 g/mol. The maximum Gasteiger partial charge on any atom is 0.0744 e. The zero-order valence-electron chi connectivity index (χ0n) is 31.2. The van der Waals surface area contributed by atoms with E-state index in [4.69, 9.17) is 11.5 Å². The van der Waals surface area contributed by atoms with Gasteiger partial charge in [-0.1, -0.05) is 194 Å². The lowest BCUT2D eigenvalue weighted by Gasteiger charge is -2.34. The molecule has 0 atom stereocenters. The Kier molecular flexibility index (Phi) is 7.51. The van der Waals surface area contributed by atoms with Crippen LogP contribution < -0.4 is 11.5 Å². The molecule has 2 aliphatic carbocycles. The summed E-state index contributed by atoms with van der Waals surface area (Å²) in [5.74, 6) is 0. The van der Waals surface area contributed by atoms with Crippen LogP contribution in [0.4, 0.5) is 11.4 Å². The Hall–Kier alpha value is -6.94. The van der Waals surface area contributed by atoms with Crippen LogP contribution in [0, 0.1) is 0 Å². The van der Waals surface area contributed by atoms with Gasteiger partial charge >= 0.3 is 0 Å². The van der Waals surface area contributed by atoms with E-state index in [2.05, 4.69) is 206 Å². The van der Waals surface area contributed by atoms with Crippen molar-refractivity contribution >= 4 is 22.7 Å². The molecule has 0 unspecified atom stereocenters. The van der Waals surface area contributed by atoms with Crippen molar-refractivity contribution in [3.63, 3.8) is 0 Å². The Labute approximate surface area is 337 Å². The van der Waals surface area contributed by atoms with Crippen molar-refractivity contribution in [1.82, 2.24) is 0 Å². The van der Waals surface area contributed by atoms with Gasteiger partial charge in [0.2, 0.25) is 0 Å². The van der Waals surface area contributed by atoms with Crippen molar-refractivity contribution in [3.8, 4) is 43.1 Å². The number of nitrogen functional groups attached to an aromatic ring is 2. The normalized spacial score (nSPS) is 14.0. The third-order valence-electron chi connectivity index (χ3n) is 12.4. The van der Waals surface area contributed by atoms with Gasteiger partial charge in [-0.3, -0.25) is 0 Å². The van der Waals surface area contributed by atoms with Crippen LogP contribution in [0.1, 0.15) is 44.5 Å². The average Bonchev–Trinajstić information content (AvgIpc) is 3.87. The van der Waals surface area contributed by atoms with Crippen LogP contribution >= 0.6 is 11.3 Å². The number of fused-ring (bicyclic) bond motifs is 6. The summed E-state index contributed by atoms with van der Waals surface area (Å²) in [6, 6.07) is 75.1. The number of rotatable bonds is 6. The number of nitrogens with two attached hydrogens (primary N) is 2. The van der Waals surface area contributed by atoms with Crippen LogP contribution in [-0.2, 0) is 10.8 Å². The topological polar surface area (TPSA) is 52.0 Å². The van der Waals surface area contributed by atoms with E-state index in [1.165, 1.54) is 66.8 Å². The highest BCUT2D eigenvalue weighted by molar-refractivity contribution is 7.20. The molecule has 11 rings (SSSR count). The molecule has 0 bridgehead atoms. The van der Waals surface area contributed by atoms with E-state index in [0.29, 0.717) is 11.4 Å². The first kappa shape index (κ1) is 33.4. The lowest BCUT2D eigenvalue weighted by molar-refractivity contribution is 0.769. The van der Waals surface area contributed by atoms with E-state index >= 15 is 0 Å². The summed E-state index contributed by atoms with van der Waals surface area (Å²) in [6.07, 6.45) is 0. The zero-order valence-corrected chi connectivity index (χ0v) is 32.0. The number of benzene rings is 8. The molecule has 9 aromatic rings. The minimum absolute atomic E-state index is 0.502. The van der Waals surface area contributed by atoms with E-state index in [1.54, 1.807) is 11.3 Å². The van der Waals surface area contributed by atoms with Crippen LogP contribution in [0.15, 0.2) is 206 Å². The smallest absolute Gasteiger partial charge is 0.0744 e. The number of thiophene rings is 1. The molecular formula is C54H38N2S. The second-order valence-corrected chi connectivity index (χ2v) is 16.2. The first-order chi connectivity index (χ1) is 28.1. The molecule has 0 saturated heterocycles. The number of hydrogen-bond acceptors (Lipinski definition) is 3. The van der Waals surface area contributed by atoms with Crippen LogP contribution in [0.25, 0.3) is 43.1 Å². The van der Waals surface area contributed by atoms with Crippen molar-refractivity contribution < 1.29 is 0 Å².